The molecule has 1 amide bonds. The fraction of sp³-hybridized carbons (Fsp3) is 0.640. The zero-order chi connectivity index (χ0) is 30.8. The largest absolute Gasteiger partial charge is 0.464 e. The molecule has 0 unspecified atom stereocenters. The molecule has 0 aliphatic carbocycles. The van der Waals surface area contributed by atoms with Gasteiger partial charge in [0.1, 0.15) is 18.8 Å². The number of amides is 1. The minimum absolute atomic E-state index is 0.178. The highest BCUT2D eigenvalue weighted by molar-refractivity contribution is 5.82. The monoisotopic (exact) mass is 573 g/mol. The van der Waals surface area contributed by atoms with Crippen LogP contribution in [0.2, 0.25) is 0 Å². The molecule has 1 heterocycles. The summed E-state index contributed by atoms with van der Waals surface area (Å²) in [5, 5.41) is 2.54. The summed E-state index contributed by atoms with van der Waals surface area (Å²) in [6, 6.07) is -1.42. The number of allylic oxidation sites excluding steroid dienone is 1. The van der Waals surface area contributed by atoms with Crippen molar-refractivity contribution in [1.82, 2.24) is 5.32 Å². The average molecular weight is 574 g/mol. The molecule has 0 spiro atoms. The molecule has 0 aromatic heterocycles. The van der Waals surface area contributed by atoms with Crippen LogP contribution in [0.1, 0.15) is 48.0 Å². The summed E-state index contributed by atoms with van der Waals surface area (Å²) in [5.74, 6) is -10.4. The van der Waals surface area contributed by atoms with Crippen molar-refractivity contribution in [3.63, 3.8) is 0 Å². The normalized spacial score (nSPS) is 25.2. The number of carbonyl (C=O) groups is 7. The molecule has 224 valence electrons. The maximum absolute atomic E-state index is 13.3. The van der Waals surface area contributed by atoms with E-state index in [-0.39, 0.29) is 6.42 Å². The minimum Gasteiger partial charge on any atom is -0.464 e. The van der Waals surface area contributed by atoms with Gasteiger partial charge in [-0.2, -0.15) is 0 Å². The first-order chi connectivity index (χ1) is 18.6. The topological polar surface area (TPSA) is 196 Å². The third kappa shape index (κ3) is 9.03. The number of carbonyl (C=O) groups excluding carboxylic acids is 7. The Morgan fingerprint density at radius 3 is 1.93 bits per heavy atom. The first-order valence-corrected chi connectivity index (χ1v) is 12.1. The number of hydrogen-bond acceptors (Lipinski definition) is 14. The van der Waals surface area contributed by atoms with E-state index in [4.69, 9.17) is 33.2 Å². The van der Waals surface area contributed by atoms with E-state index in [0.717, 1.165) is 48.7 Å². The molecule has 1 aliphatic rings. The lowest BCUT2D eigenvalue weighted by Crippen LogP contribution is -2.73. The van der Waals surface area contributed by atoms with Crippen molar-refractivity contribution in [2.75, 3.05) is 13.7 Å². The summed E-state index contributed by atoms with van der Waals surface area (Å²) in [4.78, 5) is 85.8. The predicted molar refractivity (Wildman–Crippen MR) is 131 cm³/mol. The Morgan fingerprint density at radius 1 is 0.900 bits per heavy atom. The third-order valence-electron chi connectivity index (χ3n) is 5.52. The molecule has 0 aromatic rings. The Kier molecular flexibility index (Phi) is 12.7. The highest BCUT2D eigenvalue weighted by Gasteiger charge is 2.65. The van der Waals surface area contributed by atoms with Gasteiger partial charge in [0.05, 0.1) is 19.1 Å². The van der Waals surface area contributed by atoms with Crippen LogP contribution in [0.25, 0.3) is 0 Å². The molecule has 0 radical (unpaired) electrons. The number of nitrogens with one attached hydrogen (secondary N) is 1. The van der Waals surface area contributed by atoms with Gasteiger partial charge in [-0.1, -0.05) is 6.08 Å². The van der Waals surface area contributed by atoms with E-state index in [1.807, 2.05) is 0 Å². The predicted octanol–water partition coefficient (Wildman–Crippen LogP) is -0.127. The van der Waals surface area contributed by atoms with Gasteiger partial charge in [0.25, 0.3) is 0 Å². The van der Waals surface area contributed by atoms with E-state index in [1.165, 1.54) is 6.08 Å². The van der Waals surface area contributed by atoms with Crippen LogP contribution in [0.15, 0.2) is 12.7 Å². The number of rotatable bonds is 12. The highest BCUT2D eigenvalue weighted by Crippen LogP contribution is 2.43. The van der Waals surface area contributed by atoms with E-state index in [0.29, 0.717) is 0 Å². The maximum Gasteiger partial charge on any atom is 0.380 e. The molecule has 1 rings (SSSR count). The van der Waals surface area contributed by atoms with Crippen LogP contribution in [0.4, 0.5) is 0 Å². The smallest absolute Gasteiger partial charge is 0.380 e. The van der Waals surface area contributed by atoms with Crippen LogP contribution in [-0.4, -0.2) is 91.7 Å². The third-order valence-corrected chi connectivity index (χ3v) is 5.52. The van der Waals surface area contributed by atoms with Crippen LogP contribution in [0.5, 0.6) is 0 Å². The van der Waals surface area contributed by atoms with E-state index in [9.17, 15) is 33.6 Å². The molecule has 7 atom stereocenters. The zero-order valence-corrected chi connectivity index (χ0v) is 23.4. The Labute approximate surface area is 230 Å². The second kappa shape index (κ2) is 15.0. The zero-order valence-electron chi connectivity index (χ0n) is 23.4. The molecule has 1 fully saturated rings. The van der Waals surface area contributed by atoms with Gasteiger partial charge in [0.2, 0.25) is 5.91 Å². The van der Waals surface area contributed by atoms with Crippen molar-refractivity contribution in [2.24, 2.45) is 5.92 Å². The standard InChI is InChI=1S/C25H35NO14/c1-9-10-18-21(37-15(5)30)20(26-12(2)27)23(40-25(18,24(33)34-8)39-17(7)32)22(38-16(6)31)19(36-14(4)29)11-35-13(3)28/h9,18-23H,1,10-11H2,2-8H3,(H,26,27)/t18-,19+,20+,21-,22+,23+,25-/m0/s1. The highest BCUT2D eigenvalue weighted by atomic mass is 16.8. The van der Waals surface area contributed by atoms with Crippen LogP contribution in [0.3, 0.4) is 0 Å². The van der Waals surface area contributed by atoms with Gasteiger partial charge in [-0.25, -0.2) is 4.79 Å². The SMILES string of the molecule is C=CC[C@H]1[C@H](OC(C)=O)[C@@H](NC(C)=O)[C@H]([C@H](OC(C)=O)[C@@H](COC(C)=O)OC(C)=O)O[C@]1(OC(C)=O)C(=O)OC. The molecule has 1 saturated heterocycles. The van der Waals surface area contributed by atoms with E-state index in [2.05, 4.69) is 11.9 Å². The molecular weight excluding hydrogens is 538 g/mol. The Balaban J connectivity index is 4.06. The van der Waals surface area contributed by atoms with Crippen molar-refractivity contribution in [3.05, 3.63) is 12.7 Å². The van der Waals surface area contributed by atoms with Gasteiger partial charge in [-0.3, -0.25) is 28.8 Å². The average Bonchev–Trinajstić information content (AvgIpc) is 2.82. The first kappa shape index (κ1) is 34.0. The first-order valence-electron chi connectivity index (χ1n) is 12.1. The van der Waals surface area contributed by atoms with Crippen LogP contribution in [-0.2, 0) is 66.7 Å². The number of methoxy groups -OCH3 is 1. The lowest BCUT2D eigenvalue weighted by atomic mass is 9.78. The fourth-order valence-electron chi connectivity index (χ4n) is 4.35. The minimum atomic E-state index is -2.64. The van der Waals surface area contributed by atoms with Crippen molar-refractivity contribution < 1.29 is 66.7 Å². The maximum atomic E-state index is 13.3. The molecule has 40 heavy (non-hydrogen) atoms. The van der Waals surface area contributed by atoms with E-state index in [1.54, 1.807) is 0 Å². The number of hydrogen-bond donors (Lipinski definition) is 1. The molecule has 0 aromatic carbocycles. The van der Waals surface area contributed by atoms with Crippen molar-refractivity contribution in [2.45, 2.75) is 84.2 Å². The second-order valence-electron chi connectivity index (χ2n) is 8.79. The lowest BCUT2D eigenvalue weighted by molar-refractivity contribution is -0.326. The van der Waals surface area contributed by atoms with E-state index < -0.39 is 90.5 Å². The fourth-order valence-corrected chi connectivity index (χ4v) is 4.35. The summed E-state index contributed by atoms with van der Waals surface area (Å²) in [6.07, 6.45) is -5.41. The van der Waals surface area contributed by atoms with Crippen LogP contribution >= 0.6 is 0 Å². The molecule has 0 bridgehead atoms. The van der Waals surface area contributed by atoms with Crippen molar-refractivity contribution >= 4 is 41.7 Å². The second-order valence-corrected chi connectivity index (χ2v) is 8.79. The summed E-state index contributed by atoms with van der Waals surface area (Å²) in [5.41, 5.74) is 0. The van der Waals surface area contributed by atoms with Crippen molar-refractivity contribution in [3.8, 4) is 0 Å². The molecule has 1 aliphatic heterocycles. The molecule has 0 saturated carbocycles. The quantitative estimate of drug-likeness (QED) is 0.184. The molecule has 15 nitrogen and oxygen atoms in total. The van der Waals surface area contributed by atoms with Gasteiger partial charge in [0, 0.05) is 41.5 Å². The van der Waals surface area contributed by atoms with Gasteiger partial charge >= 0.3 is 41.6 Å². The number of esters is 6. The van der Waals surface area contributed by atoms with E-state index >= 15 is 0 Å². The van der Waals surface area contributed by atoms with Gasteiger partial charge in [0.15, 0.2) is 12.2 Å². The summed E-state index contributed by atoms with van der Waals surface area (Å²) < 4.78 is 37.6. The summed E-state index contributed by atoms with van der Waals surface area (Å²) >= 11 is 0. The van der Waals surface area contributed by atoms with Crippen LogP contribution < -0.4 is 5.32 Å². The molecule has 15 heteroatoms. The lowest BCUT2D eigenvalue weighted by Gasteiger charge is -2.51. The van der Waals surface area contributed by atoms with Crippen molar-refractivity contribution in [1.29, 1.82) is 0 Å². The molecular formula is C25H35NO14. The van der Waals surface area contributed by atoms with Crippen LogP contribution in [0, 0.1) is 5.92 Å². The Bertz CT molecular complexity index is 1010. The van der Waals surface area contributed by atoms with Gasteiger partial charge in [-0.15, -0.1) is 6.58 Å². The molecule has 1 N–H and O–H groups in total. The van der Waals surface area contributed by atoms with Gasteiger partial charge < -0.3 is 38.5 Å². The summed E-state index contributed by atoms with van der Waals surface area (Å²) in [6.45, 7) is 9.22. The Morgan fingerprint density at radius 2 is 1.50 bits per heavy atom. The van der Waals surface area contributed by atoms with Gasteiger partial charge in [-0.05, 0) is 6.42 Å². The number of ether oxygens (including phenoxy) is 7. The Hall–Kier alpha value is -4.01. The summed E-state index contributed by atoms with van der Waals surface area (Å²) in [7, 11) is 0.976.